The topological polar surface area (TPSA) is 52.6 Å². The Morgan fingerprint density at radius 3 is 2.37 bits per heavy atom. The summed E-state index contributed by atoms with van der Waals surface area (Å²) in [6, 6.07) is 0. The fourth-order valence-electron chi connectivity index (χ4n) is 2.28. The Morgan fingerprint density at radius 2 is 1.89 bits per heavy atom. The summed E-state index contributed by atoms with van der Waals surface area (Å²) in [6.45, 7) is 6.07. The lowest BCUT2D eigenvalue weighted by molar-refractivity contribution is -0.161. The number of unbranched alkanes of at least 4 members (excludes halogenated alkanes) is 2. The maximum Gasteiger partial charge on any atom is 0.323 e. The number of esters is 2. The normalized spacial score (nSPS) is 20.1. The van der Waals surface area contributed by atoms with Gasteiger partial charge >= 0.3 is 11.9 Å². The maximum absolute atomic E-state index is 11.8. The Hall–Kier alpha value is -1.58. The molecular weight excluding hydrogens is 244 g/mol. The first-order chi connectivity index (χ1) is 9.04. The molecule has 0 radical (unpaired) electrons. The van der Waals surface area contributed by atoms with Crippen LogP contribution in [0.15, 0.2) is 24.3 Å². The van der Waals surface area contributed by atoms with Gasteiger partial charge < -0.3 is 9.47 Å². The number of hydrogen-bond donors (Lipinski definition) is 0. The Morgan fingerprint density at radius 1 is 1.32 bits per heavy atom. The molecule has 0 aromatic carbocycles. The highest BCUT2D eigenvalue weighted by molar-refractivity contribution is 6.04. The van der Waals surface area contributed by atoms with Crippen LogP contribution in [-0.4, -0.2) is 26.2 Å². The van der Waals surface area contributed by atoms with E-state index >= 15 is 0 Å². The van der Waals surface area contributed by atoms with E-state index in [1.165, 1.54) is 14.2 Å². The summed E-state index contributed by atoms with van der Waals surface area (Å²) >= 11 is 0. The number of allylic oxidation sites excluding steroid dienone is 3. The summed E-state index contributed by atoms with van der Waals surface area (Å²) in [5.41, 5.74) is -0.387. The molecule has 0 saturated heterocycles. The molecule has 4 heteroatoms. The van der Waals surface area contributed by atoms with Crippen molar-refractivity contribution in [3.8, 4) is 0 Å². The van der Waals surface area contributed by atoms with Crippen molar-refractivity contribution in [2.45, 2.75) is 32.6 Å². The van der Waals surface area contributed by atoms with Gasteiger partial charge in [-0.15, -0.1) is 0 Å². The Bertz CT molecular complexity index is 379. The van der Waals surface area contributed by atoms with E-state index < -0.39 is 17.4 Å². The summed E-state index contributed by atoms with van der Waals surface area (Å²) in [6.07, 6.45) is 7.58. The molecule has 1 unspecified atom stereocenters. The minimum Gasteiger partial charge on any atom is -0.468 e. The van der Waals surface area contributed by atoms with Crippen molar-refractivity contribution in [2.24, 2.45) is 11.3 Å². The Balaban J connectivity index is 2.71. The summed E-state index contributed by atoms with van der Waals surface area (Å²) in [4.78, 5) is 23.6. The van der Waals surface area contributed by atoms with E-state index in [2.05, 4.69) is 13.5 Å². The molecule has 0 aromatic heterocycles. The standard InChI is InChI=1S/C15H22O4/c1-5-6-7-8-9-11(2)12-10-15(12,13(16)18-3)14(17)19-4/h8-9,12H,2,5-7,10H2,1,3-4H3/b9-8+. The lowest BCUT2D eigenvalue weighted by Crippen LogP contribution is -2.30. The van der Waals surface area contributed by atoms with Gasteiger partial charge in [0, 0.05) is 5.92 Å². The Kier molecular flexibility index (Phi) is 5.33. The van der Waals surface area contributed by atoms with Crippen molar-refractivity contribution in [1.82, 2.24) is 0 Å². The molecule has 4 nitrogen and oxygen atoms in total. The number of methoxy groups -OCH3 is 2. The third-order valence-corrected chi connectivity index (χ3v) is 3.56. The molecule has 0 aromatic rings. The van der Waals surface area contributed by atoms with Gasteiger partial charge in [0.25, 0.3) is 0 Å². The number of ether oxygens (including phenoxy) is 2. The van der Waals surface area contributed by atoms with Crippen LogP contribution in [0.25, 0.3) is 0 Å². The van der Waals surface area contributed by atoms with Crippen LogP contribution in [0.4, 0.5) is 0 Å². The molecule has 0 spiro atoms. The van der Waals surface area contributed by atoms with Crippen LogP contribution in [0.1, 0.15) is 32.6 Å². The van der Waals surface area contributed by atoms with Crippen LogP contribution in [-0.2, 0) is 19.1 Å². The zero-order valence-electron chi connectivity index (χ0n) is 11.9. The predicted octanol–water partition coefficient (Wildman–Crippen LogP) is 2.64. The second-order valence-corrected chi connectivity index (χ2v) is 4.83. The highest BCUT2D eigenvalue weighted by atomic mass is 16.5. The second-order valence-electron chi connectivity index (χ2n) is 4.83. The van der Waals surface area contributed by atoms with E-state index in [0.717, 1.165) is 24.8 Å². The molecule has 106 valence electrons. The lowest BCUT2D eigenvalue weighted by atomic mass is 9.99. The zero-order valence-corrected chi connectivity index (χ0v) is 11.9. The summed E-state index contributed by atoms with van der Waals surface area (Å²) in [5.74, 6) is -1.27. The van der Waals surface area contributed by atoms with Crippen molar-refractivity contribution in [2.75, 3.05) is 14.2 Å². The summed E-state index contributed by atoms with van der Waals surface area (Å²) in [5, 5.41) is 0. The molecule has 1 rings (SSSR count). The molecule has 0 aliphatic heterocycles. The van der Waals surface area contributed by atoms with Gasteiger partial charge in [-0.1, -0.05) is 44.1 Å². The van der Waals surface area contributed by atoms with Crippen molar-refractivity contribution in [3.05, 3.63) is 24.3 Å². The summed E-state index contributed by atoms with van der Waals surface area (Å²) < 4.78 is 9.44. The van der Waals surface area contributed by atoms with E-state index in [1.54, 1.807) is 0 Å². The average Bonchev–Trinajstić information content (AvgIpc) is 3.18. The largest absolute Gasteiger partial charge is 0.468 e. The van der Waals surface area contributed by atoms with Gasteiger partial charge in [-0.3, -0.25) is 9.59 Å². The van der Waals surface area contributed by atoms with Crippen LogP contribution >= 0.6 is 0 Å². The smallest absolute Gasteiger partial charge is 0.323 e. The molecule has 1 atom stereocenters. The first kappa shape index (κ1) is 15.5. The molecular formula is C15H22O4. The van der Waals surface area contributed by atoms with E-state index in [-0.39, 0.29) is 5.92 Å². The predicted molar refractivity (Wildman–Crippen MR) is 72.4 cm³/mol. The van der Waals surface area contributed by atoms with E-state index in [0.29, 0.717) is 6.42 Å². The van der Waals surface area contributed by atoms with Crippen LogP contribution in [0, 0.1) is 11.3 Å². The van der Waals surface area contributed by atoms with E-state index in [9.17, 15) is 9.59 Å². The minimum absolute atomic E-state index is 0.203. The van der Waals surface area contributed by atoms with Gasteiger partial charge in [0.2, 0.25) is 0 Å². The fraction of sp³-hybridized carbons (Fsp3) is 0.600. The minimum atomic E-state index is -1.17. The number of carbonyl (C=O) groups is 2. The Labute approximate surface area is 114 Å². The third kappa shape index (κ3) is 3.06. The number of hydrogen-bond acceptors (Lipinski definition) is 4. The van der Waals surface area contributed by atoms with Crippen LogP contribution < -0.4 is 0 Å². The number of carbonyl (C=O) groups excluding carboxylic acids is 2. The third-order valence-electron chi connectivity index (χ3n) is 3.56. The van der Waals surface area contributed by atoms with Crippen molar-refractivity contribution in [3.63, 3.8) is 0 Å². The summed E-state index contributed by atoms with van der Waals surface area (Å²) in [7, 11) is 2.56. The van der Waals surface area contributed by atoms with Crippen molar-refractivity contribution in [1.29, 1.82) is 0 Å². The monoisotopic (exact) mass is 266 g/mol. The molecule has 19 heavy (non-hydrogen) atoms. The second kappa shape index (κ2) is 6.55. The van der Waals surface area contributed by atoms with Crippen molar-refractivity contribution < 1.29 is 19.1 Å². The molecule has 0 amide bonds. The van der Waals surface area contributed by atoms with Gasteiger partial charge in [-0.2, -0.15) is 0 Å². The quantitative estimate of drug-likeness (QED) is 0.308. The van der Waals surface area contributed by atoms with Gasteiger partial charge in [-0.25, -0.2) is 0 Å². The molecule has 0 bridgehead atoms. The van der Waals surface area contributed by atoms with E-state index in [4.69, 9.17) is 9.47 Å². The van der Waals surface area contributed by atoms with Crippen LogP contribution in [0.3, 0.4) is 0 Å². The highest BCUT2D eigenvalue weighted by Gasteiger charge is 2.68. The molecule has 1 aliphatic rings. The van der Waals surface area contributed by atoms with Gasteiger partial charge in [-0.05, 0) is 12.8 Å². The SMILES string of the molecule is C=C(/C=C/CCCC)C1CC1(C(=O)OC)C(=O)OC. The molecule has 1 fully saturated rings. The highest BCUT2D eigenvalue weighted by Crippen LogP contribution is 2.58. The molecule has 1 aliphatic carbocycles. The zero-order chi connectivity index (χ0) is 14.5. The molecule has 0 N–H and O–H groups in total. The van der Waals surface area contributed by atoms with Gasteiger partial charge in [0.1, 0.15) is 0 Å². The maximum atomic E-state index is 11.8. The first-order valence-corrected chi connectivity index (χ1v) is 6.56. The van der Waals surface area contributed by atoms with E-state index in [1.807, 2.05) is 12.2 Å². The molecule has 0 heterocycles. The molecule has 1 saturated carbocycles. The van der Waals surface area contributed by atoms with Gasteiger partial charge in [0.15, 0.2) is 5.41 Å². The van der Waals surface area contributed by atoms with Crippen molar-refractivity contribution >= 4 is 11.9 Å². The lowest BCUT2D eigenvalue weighted by Gasteiger charge is -2.12. The van der Waals surface area contributed by atoms with Crippen LogP contribution in [0.5, 0.6) is 0 Å². The first-order valence-electron chi connectivity index (χ1n) is 6.56. The number of rotatable bonds is 7. The fourth-order valence-corrected chi connectivity index (χ4v) is 2.28. The van der Waals surface area contributed by atoms with Gasteiger partial charge in [0.05, 0.1) is 14.2 Å². The van der Waals surface area contributed by atoms with Crippen LogP contribution in [0.2, 0.25) is 0 Å². The average molecular weight is 266 g/mol.